The highest BCUT2D eigenvalue weighted by Crippen LogP contribution is 2.33. The first-order chi connectivity index (χ1) is 8.54. The van der Waals surface area contributed by atoms with Crippen molar-refractivity contribution in [1.82, 2.24) is 0 Å². The van der Waals surface area contributed by atoms with Gasteiger partial charge in [0.15, 0.2) is 0 Å². The number of halogens is 1. The molecule has 100 valence electrons. The zero-order valence-corrected chi connectivity index (χ0v) is 11.6. The van der Waals surface area contributed by atoms with E-state index >= 15 is 0 Å². The fourth-order valence-electron chi connectivity index (χ4n) is 2.64. The van der Waals surface area contributed by atoms with E-state index in [9.17, 15) is 10.2 Å². The van der Waals surface area contributed by atoms with Gasteiger partial charge in [0.2, 0.25) is 0 Å². The molecular weight excluding hydrogens is 250 g/mol. The Morgan fingerprint density at radius 1 is 1.50 bits per heavy atom. The van der Waals surface area contributed by atoms with E-state index in [1.54, 1.807) is 6.92 Å². The van der Waals surface area contributed by atoms with Gasteiger partial charge in [0, 0.05) is 17.3 Å². The molecule has 1 aromatic rings. The Bertz CT molecular complexity index is 422. The molecule has 3 atom stereocenters. The number of anilines is 1. The second-order valence-corrected chi connectivity index (χ2v) is 5.50. The van der Waals surface area contributed by atoms with Gasteiger partial charge in [-0.3, -0.25) is 0 Å². The normalized spacial score (nSPS) is 25.5. The minimum atomic E-state index is -0.558. The molecule has 0 spiro atoms. The van der Waals surface area contributed by atoms with Crippen molar-refractivity contribution in [3.63, 3.8) is 0 Å². The molecule has 2 N–H and O–H groups in total. The molecule has 1 fully saturated rings. The van der Waals surface area contributed by atoms with Gasteiger partial charge >= 0.3 is 0 Å². The predicted octanol–water partition coefficient (Wildman–Crippen LogP) is 2.60. The van der Waals surface area contributed by atoms with E-state index < -0.39 is 6.10 Å². The van der Waals surface area contributed by atoms with Gasteiger partial charge < -0.3 is 15.1 Å². The van der Waals surface area contributed by atoms with Crippen LogP contribution in [0.25, 0.3) is 0 Å². The summed E-state index contributed by atoms with van der Waals surface area (Å²) in [4.78, 5) is 2.20. The Labute approximate surface area is 113 Å². The summed E-state index contributed by atoms with van der Waals surface area (Å²) in [6.45, 7) is 4.97. The number of hydrogen-bond acceptors (Lipinski definition) is 3. The second-order valence-electron chi connectivity index (χ2n) is 5.09. The van der Waals surface area contributed by atoms with Gasteiger partial charge in [0.05, 0.1) is 18.8 Å². The molecule has 3 unspecified atom stereocenters. The van der Waals surface area contributed by atoms with Crippen molar-refractivity contribution in [1.29, 1.82) is 0 Å². The third-order valence-electron chi connectivity index (χ3n) is 3.84. The highest BCUT2D eigenvalue weighted by atomic mass is 35.5. The van der Waals surface area contributed by atoms with Gasteiger partial charge in [0.1, 0.15) is 0 Å². The molecule has 1 saturated heterocycles. The summed E-state index contributed by atoms with van der Waals surface area (Å²) in [5.74, 6) is 0.491. The van der Waals surface area contributed by atoms with E-state index in [-0.39, 0.29) is 12.6 Å². The van der Waals surface area contributed by atoms with Crippen LogP contribution in [0.2, 0.25) is 5.02 Å². The molecule has 0 amide bonds. The maximum Gasteiger partial charge on any atom is 0.0776 e. The number of aliphatic hydroxyl groups excluding tert-OH is 2. The first-order valence-corrected chi connectivity index (χ1v) is 6.77. The van der Waals surface area contributed by atoms with Crippen LogP contribution in [0, 0.1) is 5.92 Å². The standard InChI is InChI=1S/C14H20ClNO2/c1-9-5-6-16(14(9)8-17)11-3-4-12(10(2)18)13(15)7-11/h3-4,7,9-10,14,17-18H,5-6,8H2,1-2H3. The highest BCUT2D eigenvalue weighted by molar-refractivity contribution is 6.31. The zero-order valence-electron chi connectivity index (χ0n) is 10.8. The predicted molar refractivity (Wildman–Crippen MR) is 74.1 cm³/mol. The van der Waals surface area contributed by atoms with Gasteiger partial charge in [-0.05, 0) is 37.0 Å². The van der Waals surface area contributed by atoms with Gasteiger partial charge in [-0.15, -0.1) is 0 Å². The van der Waals surface area contributed by atoms with E-state index in [1.165, 1.54) is 0 Å². The topological polar surface area (TPSA) is 43.7 Å². The number of benzene rings is 1. The van der Waals surface area contributed by atoms with Crippen molar-refractivity contribution in [3.05, 3.63) is 28.8 Å². The molecule has 2 rings (SSSR count). The second kappa shape index (κ2) is 5.47. The average molecular weight is 270 g/mol. The lowest BCUT2D eigenvalue weighted by molar-refractivity contribution is 0.199. The van der Waals surface area contributed by atoms with Crippen molar-refractivity contribution in [2.45, 2.75) is 32.4 Å². The van der Waals surface area contributed by atoms with E-state index in [1.807, 2.05) is 18.2 Å². The van der Waals surface area contributed by atoms with Gasteiger partial charge in [-0.1, -0.05) is 24.6 Å². The van der Waals surface area contributed by atoms with Crippen LogP contribution in [0.15, 0.2) is 18.2 Å². The number of hydrogen-bond donors (Lipinski definition) is 2. The SMILES string of the molecule is CC(O)c1ccc(N2CCC(C)C2CO)cc1Cl. The molecule has 1 aliphatic heterocycles. The highest BCUT2D eigenvalue weighted by Gasteiger charge is 2.30. The minimum Gasteiger partial charge on any atom is -0.394 e. The van der Waals surface area contributed by atoms with Crippen LogP contribution >= 0.6 is 11.6 Å². The average Bonchev–Trinajstić information content (AvgIpc) is 2.69. The van der Waals surface area contributed by atoms with Crippen molar-refractivity contribution >= 4 is 17.3 Å². The maximum absolute atomic E-state index is 9.56. The van der Waals surface area contributed by atoms with Crippen molar-refractivity contribution in [2.75, 3.05) is 18.1 Å². The molecule has 0 bridgehead atoms. The summed E-state index contributed by atoms with van der Waals surface area (Å²) < 4.78 is 0. The lowest BCUT2D eigenvalue weighted by Crippen LogP contribution is -2.35. The van der Waals surface area contributed by atoms with E-state index in [0.717, 1.165) is 24.2 Å². The van der Waals surface area contributed by atoms with Crippen molar-refractivity contribution in [3.8, 4) is 0 Å². The largest absolute Gasteiger partial charge is 0.394 e. The number of aliphatic hydroxyl groups is 2. The quantitative estimate of drug-likeness (QED) is 0.887. The zero-order chi connectivity index (χ0) is 13.3. The van der Waals surface area contributed by atoms with Crippen molar-refractivity contribution < 1.29 is 10.2 Å². The Kier molecular flexibility index (Phi) is 4.15. The van der Waals surface area contributed by atoms with Crippen LogP contribution in [0.1, 0.15) is 31.9 Å². The maximum atomic E-state index is 9.56. The third kappa shape index (κ3) is 2.48. The van der Waals surface area contributed by atoms with Gasteiger partial charge in [-0.2, -0.15) is 0 Å². The lowest BCUT2D eigenvalue weighted by atomic mass is 10.0. The Morgan fingerprint density at radius 3 is 2.78 bits per heavy atom. The minimum absolute atomic E-state index is 0.164. The molecule has 1 aliphatic rings. The molecule has 3 nitrogen and oxygen atoms in total. The number of nitrogens with zero attached hydrogens (tertiary/aromatic N) is 1. The van der Waals surface area contributed by atoms with E-state index in [4.69, 9.17) is 11.6 Å². The Balaban J connectivity index is 2.27. The van der Waals surface area contributed by atoms with Crippen molar-refractivity contribution in [2.24, 2.45) is 5.92 Å². The molecule has 0 aromatic heterocycles. The first kappa shape index (κ1) is 13.7. The Hall–Kier alpha value is -0.770. The molecular formula is C14H20ClNO2. The van der Waals surface area contributed by atoms with Crippen LogP contribution in [0.5, 0.6) is 0 Å². The third-order valence-corrected chi connectivity index (χ3v) is 4.16. The van der Waals surface area contributed by atoms with Crippen LogP contribution in [0.4, 0.5) is 5.69 Å². The fraction of sp³-hybridized carbons (Fsp3) is 0.571. The Morgan fingerprint density at radius 2 is 2.22 bits per heavy atom. The van der Waals surface area contributed by atoms with Crippen LogP contribution < -0.4 is 4.90 Å². The monoisotopic (exact) mass is 269 g/mol. The molecule has 4 heteroatoms. The van der Waals surface area contributed by atoms with E-state index in [2.05, 4.69) is 11.8 Å². The summed E-state index contributed by atoms with van der Waals surface area (Å²) in [6.07, 6.45) is 0.527. The summed E-state index contributed by atoms with van der Waals surface area (Å²) in [5.41, 5.74) is 1.76. The summed E-state index contributed by atoms with van der Waals surface area (Å²) in [6, 6.07) is 5.87. The molecule has 0 aliphatic carbocycles. The first-order valence-electron chi connectivity index (χ1n) is 6.39. The molecule has 0 radical (unpaired) electrons. The van der Waals surface area contributed by atoms with E-state index in [0.29, 0.717) is 10.9 Å². The molecule has 1 aromatic carbocycles. The summed E-state index contributed by atoms with van der Waals surface area (Å²) in [7, 11) is 0. The number of rotatable bonds is 3. The lowest BCUT2D eigenvalue weighted by Gasteiger charge is -2.28. The fourth-order valence-corrected chi connectivity index (χ4v) is 2.97. The molecule has 0 saturated carbocycles. The van der Waals surface area contributed by atoms with Gasteiger partial charge in [-0.25, -0.2) is 0 Å². The molecule has 1 heterocycles. The summed E-state index contributed by atoms with van der Waals surface area (Å²) >= 11 is 6.18. The van der Waals surface area contributed by atoms with Crippen LogP contribution in [0.3, 0.4) is 0 Å². The smallest absolute Gasteiger partial charge is 0.0776 e. The van der Waals surface area contributed by atoms with Gasteiger partial charge in [0.25, 0.3) is 0 Å². The van der Waals surface area contributed by atoms with Crippen LogP contribution in [-0.4, -0.2) is 29.4 Å². The van der Waals surface area contributed by atoms with Crippen LogP contribution in [-0.2, 0) is 0 Å². The molecule has 18 heavy (non-hydrogen) atoms. The summed E-state index contributed by atoms with van der Waals surface area (Å²) in [5, 5.41) is 19.6.